The van der Waals surface area contributed by atoms with Gasteiger partial charge in [0.2, 0.25) is 0 Å². The van der Waals surface area contributed by atoms with Crippen LogP contribution in [0.4, 0.5) is 123 Å². The molecule has 0 aliphatic carbocycles. The Balaban J connectivity index is 0.000000119. The van der Waals surface area contributed by atoms with E-state index >= 15 is 0 Å². The van der Waals surface area contributed by atoms with E-state index in [0.717, 1.165) is 119 Å². The molecule has 11 heteroatoms. The summed E-state index contributed by atoms with van der Waals surface area (Å²) in [5.41, 5.74) is 25.8. The van der Waals surface area contributed by atoms with E-state index in [1.54, 1.807) is 24.3 Å². The van der Waals surface area contributed by atoms with Crippen LogP contribution >= 0.6 is 0 Å². The lowest BCUT2D eigenvalue weighted by Crippen LogP contribution is -2.11. The summed E-state index contributed by atoms with van der Waals surface area (Å²) in [5, 5.41) is 21.2. The zero-order valence-corrected chi connectivity index (χ0v) is 69.8. The molecule has 20 rings (SSSR count). The molecule has 0 aliphatic heterocycles. The van der Waals surface area contributed by atoms with Gasteiger partial charge < -0.3 is 40.9 Å². The lowest BCUT2D eigenvalue weighted by molar-refractivity contribution is 0.628. The average Bonchev–Trinajstić information content (AvgIpc) is 0.763. The summed E-state index contributed by atoms with van der Waals surface area (Å²) in [5.74, 6) is -0.607. The highest BCUT2D eigenvalue weighted by Crippen LogP contribution is 2.46. The summed E-state index contributed by atoms with van der Waals surface area (Å²) in [7, 11) is 0. The molecule has 0 bridgehead atoms. The van der Waals surface area contributed by atoms with E-state index < -0.39 is 0 Å². The SMILES string of the molecule is Cc1cc(Nc2ccccc2)cc(N(c2ccccc2)c2ccccc2C)c1.Fc1ccc(N(c2ccc(F)cc2)c2cccc(Nc3ccccc3)c2)cc1.c1ccc(N(c2cccc(Nc3ccc4cnccc4c3)c2)c2cccc3ccccc23)cc1.c1ccc(Nc2cccc(N(c3ccccc3)c3ccc(-c4ccccc4)c4ccccc34)c2)cc1. The van der Waals surface area contributed by atoms with Crippen LogP contribution in [-0.2, 0) is 0 Å². The molecular formula is C115H91F2N9. The van der Waals surface area contributed by atoms with Gasteiger partial charge in [-0.3, -0.25) is 4.98 Å². The van der Waals surface area contributed by atoms with Crippen LogP contribution < -0.4 is 40.9 Å². The monoisotopic (exact) mass is 1640 g/mol. The van der Waals surface area contributed by atoms with Gasteiger partial charge in [-0.1, -0.05) is 249 Å². The zero-order chi connectivity index (χ0) is 85.6. The number of benzene rings is 19. The molecule has 20 aromatic rings. The van der Waals surface area contributed by atoms with E-state index in [-0.39, 0.29) is 11.6 Å². The number of para-hydroxylation sites is 7. The van der Waals surface area contributed by atoms with Gasteiger partial charge in [-0.2, -0.15) is 0 Å². The molecule has 126 heavy (non-hydrogen) atoms. The number of halogens is 2. The van der Waals surface area contributed by atoms with Crippen LogP contribution in [0.25, 0.3) is 43.4 Å². The van der Waals surface area contributed by atoms with Gasteiger partial charge in [0, 0.05) is 131 Å². The number of aryl methyl sites for hydroxylation is 2. The molecule has 0 spiro atoms. The second-order valence-electron chi connectivity index (χ2n) is 30.4. The number of nitrogens with one attached hydrogen (secondary N) is 4. The molecule has 1 aromatic heterocycles. The van der Waals surface area contributed by atoms with Crippen molar-refractivity contribution in [2.75, 3.05) is 40.9 Å². The highest BCUT2D eigenvalue weighted by molar-refractivity contribution is 6.07. The van der Waals surface area contributed by atoms with Crippen LogP contribution in [0.1, 0.15) is 11.1 Å². The minimum atomic E-state index is -0.303. The topological polar surface area (TPSA) is 74.0 Å². The molecule has 1 heterocycles. The Morgan fingerprint density at radius 2 is 0.579 bits per heavy atom. The summed E-state index contributed by atoms with van der Waals surface area (Å²) in [6, 6.07) is 162. The van der Waals surface area contributed by atoms with Gasteiger partial charge in [0.05, 0.1) is 11.4 Å². The number of nitrogens with zero attached hydrogens (tertiary/aromatic N) is 5. The summed E-state index contributed by atoms with van der Waals surface area (Å²) in [6.45, 7) is 4.30. The van der Waals surface area contributed by atoms with Gasteiger partial charge in [0.25, 0.3) is 0 Å². The van der Waals surface area contributed by atoms with Crippen molar-refractivity contribution in [3.8, 4) is 11.1 Å². The van der Waals surface area contributed by atoms with Crippen molar-refractivity contribution >= 4 is 146 Å². The second-order valence-corrected chi connectivity index (χ2v) is 30.4. The number of hydrogen-bond donors (Lipinski definition) is 4. The second kappa shape index (κ2) is 39.7. The summed E-state index contributed by atoms with van der Waals surface area (Å²) in [4.78, 5) is 13.1. The van der Waals surface area contributed by atoms with E-state index in [1.807, 2.05) is 114 Å². The number of pyridine rings is 1. The van der Waals surface area contributed by atoms with E-state index in [9.17, 15) is 8.78 Å². The standard InChI is InChI=1S/C34H26N2.C31H23N3.C26H24N2.C24H18F2N2/c1-4-13-26(14-5-1)31-23-24-34(33-22-11-10-21-32(31)33)36(29-18-8-3-9-19-29)30-20-12-17-28(25-30)35-27-15-6-2-7-16-27;1-2-11-28(12-3-1)34(31-15-6-9-23-8-4-5-14-30(23)31)29-13-7-10-26(21-29)33-27-17-16-25-22-32-19-18-24(25)20-27;1-20-17-23(27-22-12-5-3-6-13-22)19-25(18-20)28(24-14-7-4-8-15-24)26-16-10-9-11-21(26)2;25-18-9-13-22(14-10-18)28(23-15-11-19(26)12-16-23)24-8-4-7-21(17-24)27-20-5-2-1-3-6-20/h1-25,35H;1-22,33H;3-19,27H,1-2H3;1-17,27H. The van der Waals surface area contributed by atoms with Crippen molar-refractivity contribution in [2.24, 2.45) is 0 Å². The Hall–Kier alpha value is -16.6. The first-order chi connectivity index (χ1) is 62.1. The van der Waals surface area contributed by atoms with E-state index in [4.69, 9.17) is 0 Å². The fraction of sp³-hybridized carbons (Fsp3) is 0.0174. The fourth-order valence-corrected chi connectivity index (χ4v) is 15.7. The number of rotatable bonds is 21. The summed E-state index contributed by atoms with van der Waals surface area (Å²) >= 11 is 0. The lowest BCUT2D eigenvalue weighted by atomic mass is 9.96. The van der Waals surface area contributed by atoms with Crippen LogP contribution in [0.3, 0.4) is 0 Å². The normalized spacial score (nSPS) is 10.7. The maximum atomic E-state index is 13.4. The Kier molecular flexibility index (Phi) is 25.8. The van der Waals surface area contributed by atoms with Crippen molar-refractivity contribution in [1.82, 2.24) is 4.98 Å². The lowest BCUT2D eigenvalue weighted by Gasteiger charge is -2.28. The third-order valence-electron chi connectivity index (χ3n) is 21.6. The first-order valence-electron chi connectivity index (χ1n) is 42.1. The zero-order valence-electron chi connectivity index (χ0n) is 69.8. The highest BCUT2D eigenvalue weighted by Gasteiger charge is 2.22. The molecule has 0 saturated heterocycles. The predicted molar refractivity (Wildman–Crippen MR) is 529 cm³/mol. The van der Waals surface area contributed by atoms with Gasteiger partial charge in [0.1, 0.15) is 11.6 Å². The number of anilines is 20. The maximum Gasteiger partial charge on any atom is 0.123 e. The number of fused-ring (bicyclic) bond motifs is 3. The largest absolute Gasteiger partial charge is 0.355 e. The molecule has 9 nitrogen and oxygen atoms in total. The Bertz CT molecular complexity index is 6910. The van der Waals surface area contributed by atoms with Gasteiger partial charge in [-0.15, -0.1) is 0 Å². The molecule has 0 fully saturated rings. The molecule has 610 valence electrons. The molecule has 0 amide bonds. The fourth-order valence-electron chi connectivity index (χ4n) is 15.7. The molecular weight excluding hydrogens is 1550 g/mol. The van der Waals surface area contributed by atoms with Crippen molar-refractivity contribution in [1.29, 1.82) is 0 Å². The maximum absolute atomic E-state index is 13.4. The molecule has 0 unspecified atom stereocenters. The summed E-state index contributed by atoms with van der Waals surface area (Å²) < 4.78 is 26.9. The van der Waals surface area contributed by atoms with Crippen LogP contribution in [0.15, 0.2) is 492 Å². The van der Waals surface area contributed by atoms with Gasteiger partial charge in [0.15, 0.2) is 0 Å². The van der Waals surface area contributed by atoms with Gasteiger partial charge in [-0.05, 0) is 283 Å². The van der Waals surface area contributed by atoms with E-state index in [1.165, 1.54) is 73.8 Å². The Morgan fingerprint density at radius 3 is 1.10 bits per heavy atom. The smallest absolute Gasteiger partial charge is 0.123 e. The molecule has 19 aromatic carbocycles. The first-order valence-corrected chi connectivity index (χ1v) is 42.1. The molecule has 4 N–H and O–H groups in total. The predicted octanol–water partition coefficient (Wildman–Crippen LogP) is 33.0. The van der Waals surface area contributed by atoms with Crippen molar-refractivity contribution in [2.45, 2.75) is 13.8 Å². The van der Waals surface area contributed by atoms with Crippen LogP contribution in [0, 0.1) is 25.5 Å². The number of aromatic nitrogens is 1. The van der Waals surface area contributed by atoms with E-state index in [0.29, 0.717) is 0 Å². The van der Waals surface area contributed by atoms with Crippen molar-refractivity contribution < 1.29 is 8.78 Å². The third-order valence-corrected chi connectivity index (χ3v) is 21.6. The first kappa shape index (κ1) is 81.7. The van der Waals surface area contributed by atoms with Crippen molar-refractivity contribution in [3.63, 3.8) is 0 Å². The molecule has 0 aliphatic rings. The van der Waals surface area contributed by atoms with Gasteiger partial charge in [-0.25, -0.2) is 8.78 Å². The minimum Gasteiger partial charge on any atom is -0.355 e. The van der Waals surface area contributed by atoms with Crippen LogP contribution in [0.2, 0.25) is 0 Å². The molecule has 0 radical (unpaired) electrons. The highest BCUT2D eigenvalue weighted by atomic mass is 19.1. The molecule has 0 saturated carbocycles. The summed E-state index contributed by atoms with van der Waals surface area (Å²) in [6.07, 6.45) is 3.72. The Labute approximate surface area is 735 Å². The van der Waals surface area contributed by atoms with E-state index in [2.05, 4.69) is 388 Å². The third kappa shape index (κ3) is 20.2. The van der Waals surface area contributed by atoms with Crippen LogP contribution in [-0.4, -0.2) is 4.98 Å². The number of hydrogen-bond acceptors (Lipinski definition) is 9. The quantitative estimate of drug-likeness (QED) is 0.0563. The van der Waals surface area contributed by atoms with Crippen LogP contribution in [0.5, 0.6) is 0 Å². The van der Waals surface area contributed by atoms with Crippen molar-refractivity contribution in [3.05, 3.63) is 514 Å². The molecule has 0 atom stereocenters. The minimum absolute atomic E-state index is 0.303. The average molecular weight is 1640 g/mol. The van der Waals surface area contributed by atoms with Gasteiger partial charge >= 0.3 is 0 Å². The Morgan fingerprint density at radius 1 is 0.214 bits per heavy atom.